The van der Waals surface area contributed by atoms with Crippen molar-refractivity contribution in [2.24, 2.45) is 0 Å². The van der Waals surface area contributed by atoms with Crippen LogP contribution in [0.1, 0.15) is 38.0 Å². The summed E-state index contributed by atoms with van der Waals surface area (Å²) in [4.78, 5) is 7.96. The Hall–Kier alpha value is -0.650. The normalized spacial score (nSPS) is 25.3. The number of likely N-dealkylation sites (tertiary alicyclic amines) is 1. The van der Waals surface area contributed by atoms with Crippen molar-refractivity contribution in [3.8, 4) is 0 Å². The first-order valence-electron chi connectivity index (χ1n) is 6.72. The van der Waals surface area contributed by atoms with Gasteiger partial charge in [0.25, 0.3) is 0 Å². The Morgan fingerprint density at radius 2 is 2.44 bits per heavy atom. The molecule has 0 spiro atoms. The maximum atomic E-state index is 10.1. The second-order valence-corrected chi connectivity index (χ2v) is 6.48. The lowest BCUT2D eigenvalue weighted by molar-refractivity contribution is -0.0178. The number of rotatable bonds is 5. The fraction of sp³-hybridized carbons (Fsp3) is 0.769. The number of nitrogens with one attached hydrogen (secondary N) is 1. The molecule has 18 heavy (non-hydrogen) atoms. The quantitative estimate of drug-likeness (QED) is 0.861. The minimum absolute atomic E-state index is 0.522. The van der Waals surface area contributed by atoms with Crippen molar-refractivity contribution >= 4 is 16.5 Å². The molecule has 0 aliphatic carbocycles. The van der Waals surface area contributed by atoms with E-state index in [4.69, 9.17) is 0 Å². The Kier molecular flexibility index (Phi) is 4.59. The van der Waals surface area contributed by atoms with E-state index in [1.54, 1.807) is 11.3 Å². The van der Waals surface area contributed by atoms with Crippen LogP contribution in [0.4, 0.5) is 5.13 Å². The van der Waals surface area contributed by atoms with Gasteiger partial charge in [0, 0.05) is 30.7 Å². The third-order valence-corrected chi connectivity index (χ3v) is 4.15. The monoisotopic (exact) mass is 269 g/mol. The van der Waals surface area contributed by atoms with E-state index < -0.39 is 5.60 Å². The lowest BCUT2D eigenvalue weighted by atomic mass is 9.95. The van der Waals surface area contributed by atoms with Crippen molar-refractivity contribution in [1.29, 1.82) is 0 Å². The summed E-state index contributed by atoms with van der Waals surface area (Å²) < 4.78 is 0. The molecule has 0 aromatic carbocycles. The van der Waals surface area contributed by atoms with E-state index in [0.29, 0.717) is 0 Å². The largest absolute Gasteiger partial charge is 0.389 e. The van der Waals surface area contributed by atoms with Crippen molar-refractivity contribution in [3.05, 3.63) is 11.1 Å². The van der Waals surface area contributed by atoms with Gasteiger partial charge in [0.1, 0.15) is 0 Å². The highest BCUT2D eigenvalue weighted by molar-refractivity contribution is 7.15. The second-order valence-electron chi connectivity index (χ2n) is 5.37. The van der Waals surface area contributed by atoms with Gasteiger partial charge in [-0.05, 0) is 32.7 Å². The lowest BCUT2D eigenvalue weighted by Gasteiger charge is -2.36. The number of anilines is 1. The zero-order chi connectivity index (χ0) is 13.0. The third kappa shape index (κ3) is 3.93. The number of nitrogens with zero attached hydrogens (tertiary/aromatic N) is 2. The molecular formula is C13H23N3OS. The summed E-state index contributed by atoms with van der Waals surface area (Å²) >= 11 is 1.72. The Bertz CT molecular complexity index is 378. The van der Waals surface area contributed by atoms with Crippen molar-refractivity contribution in [2.75, 3.05) is 25.0 Å². The van der Waals surface area contributed by atoms with Crippen molar-refractivity contribution in [3.63, 3.8) is 0 Å². The van der Waals surface area contributed by atoms with Gasteiger partial charge in [-0.2, -0.15) is 0 Å². The predicted molar refractivity (Wildman–Crippen MR) is 76.0 cm³/mol. The van der Waals surface area contributed by atoms with Crippen molar-refractivity contribution < 1.29 is 5.11 Å². The minimum Gasteiger partial charge on any atom is -0.389 e. The van der Waals surface area contributed by atoms with Crippen LogP contribution in [0.25, 0.3) is 0 Å². The van der Waals surface area contributed by atoms with E-state index in [0.717, 1.165) is 50.6 Å². The maximum absolute atomic E-state index is 10.1. The first-order chi connectivity index (χ1) is 8.59. The standard InChI is InChI=1S/C13H23N3OS/c1-3-6-14-12-15-8-11(18-12)9-16-7-4-5-13(2,17)10-16/h8,17H,3-7,9-10H2,1-2H3,(H,14,15). The molecule has 0 bridgehead atoms. The predicted octanol–water partition coefficient (Wildman–Crippen LogP) is 2.31. The minimum atomic E-state index is -0.522. The molecule has 102 valence electrons. The van der Waals surface area contributed by atoms with Crippen LogP contribution in [0.15, 0.2) is 6.20 Å². The summed E-state index contributed by atoms with van der Waals surface area (Å²) in [5, 5.41) is 14.4. The molecule has 1 saturated heterocycles. The van der Waals surface area contributed by atoms with Crippen LogP contribution < -0.4 is 5.32 Å². The van der Waals surface area contributed by atoms with Crippen LogP contribution in [0.3, 0.4) is 0 Å². The molecule has 1 atom stereocenters. The Morgan fingerprint density at radius 1 is 1.61 bits per heavy atom. The van der Waals surface area contributed by atoms with E-state index in [9.17, 15) is 5.11 Å². The smallest absolute Gasteiger partial charge is 0.182 e. The Morgan fingerprint density at radius 3 is 3.17 bits per heavy atom. The summed E-state index contributed by atoms with van der Waals surface area (Å²) in [6.07, 6.45) is 5.05. The van der Waals surface area contributed by atoms with Gasteiger partial charge < -0.3 is 10.4 Å². The Labute approximate surface area is 113 Å². The fourth-order valence-electron chi connectivity index (χ4n) is 2.37. The lowest BCUT2D eigenvalue weighted by Crippen LogP contribution is -2.45. The summed E-state index contributed by atoms with van der Waals surface area (Å²) in [6.45, 7) is 7.80. The van der Waals surface area contributed by atoms with Crippen LogP contribution in [0.5, 0.6) is 0 Å². The molecule has 1 fully saturated rings. The molecule has 5 heteroatoms. The molecule has 1 aromatic rings. The highest BCUT2D eigenvalue weighted by Gasteiger charge is 2.28. The average Bonchev–Trinajstić information content (AvgIpc) is 2.73. The SMILES string of the molecule is CCCNc1ncc(CN2CCCC(C)(O)C2)s1. The molecule has 0 radical (unpaired) electrons. The number of hydrogen-bond acceptors (Lipinski definition) is 5. The molecule has 2 N–H and O–H groups in total. The molecule has 0 amide bonds. The molecule has 2 rings (SSSR count). The number of aromatic nitrogens is 1. The van der Waals surface area contributed by atoms with E-state index in [-0.39, 0.29) is 0 Å². The van der Waals surface area contributed by atoms with Crippen LogP contribution >= 0.6 is 11.3 Å². The van der Waals surface area contributed by atoms with Gasteiger partial charge in [0.15, 0.2) is 5.13 Å². The molecule has 1 aliphatic heterocycles. The molecule has 2 heterocycles. The molecular weight excluding hydrogens is 246 g/mol. The zero-order valence-electron chi connectivity index (χ0n) is 11.3. The van der Waals surface area contributed by atoms with Gasteiger partial charge in [0.2, 0.25) is 0 Å². The maximum Gasteiger partial charge on any atom is 0.182 e. The topological polar surface area (TPSA) is 48.4 Å². The average molecular weight is 269 g/mol. The van der Waals surface area contributed by atoms with Gasteiger partial charge in [-0.3, -0.25) is 4.90 Å². The van der Waals surface area contributed by atoms with Gasteiger partial charge in [-0.15, -0.1) is 11.3 Å². The van der Waals surface area contributed by atoms with Crippen LogP contribution in [-0.4, -0.2) is 40.2 Å². The molecule has 1 unspecified atom stereocenters. The number of aliphatic hydroxyl groups is 1. The number of hydrogen-bond donors (Lipinski definition) is 2. The zero-order valence-corrected chi connectivity index (χ0v) is 12.1. The first-order valence-corrected chi connectivity index (χ1v) is 7.54. The molecule has 1 aliphatic rings. The summed E-state index contributed by atoms with van der Waals surface area (Å²) in [7, 11) is 0. The van der Waals surface area contributed by atoms with E-state index in [1.807, 2.05) is 13.1 Å². The van der Waals surface area contributed by atoms with Gasteiger partial charge in [-0.25, -0.2) is 4.98 Å². The van der Waals surface area contributed by atoms with Crippen molar-refractivity contribution in [2.45, 2.75) is 45.3 Å². The van der Waals surface area contributed by atoms with E-state index in [2.05, 4.69) is 22.1 Å². The van der Waals surface area contributed by atoms with E-state index in [1.165, 1.54) is 4.88 Å². The molecule has 1 aromatic heterocycles. The highest BCUT2D eigenvalue weighted by atomic mass is 32.1. The fourth-order valence-corrected chi connectivity index (χ4v) is 3.25. The third-order valence-electron chi connectivity index (χ3n) is 3.21. The Balaban J connectivity index is 1.87. The second kappa shape index (κ2) is 5.99. The molecule has 4 nitrogen and oxygen atoms in total. The molecule has 0 saturated carbocycles. The van der Waals surface area contributed by atoms with Gasteiger partial charge in [-0.1, -0.05) is 6.92 Å². The van der Waals surface area contributed by atoms with Crippen LogP contribution in [0.2, 0.25) is 0 Å². The van der Waals surface area contributed by atoms with Crippen LogP contribution in [-0.2, 0) is 6.54 Å². The van der Waals surface area contributed by atoms with Crippen LogP contribution in [0, 0.1) is 0 Å². The summed E-state index contributed by atoms with van der Waals surface area (Å²) in [5.41, 5.74) is -0.522. The number of β-amino-alcohol motifs (C(OH)–C–C–N with tert-alkyl or cyclic N) is 1. The summed E-state index contributed by atoms with van der Waals surface area (Å²) in [6, 6.07) is 0. The summed E-state index contributed by atoms with van der Waals surface area (Å²) in [5.74, 6) is 0. The number of thiazole rings is 1. The van der Waals surface area contributed by atoms with E-state index >= 15 is 0 Å². The first kappa shape index (κ1) is 13.8. The highest BCUT2D eigenvalue weighted by Crippen LogP contribution is 2.24. The van der Waals surface area contributed by atoms with Gasteiger partial charge >= 0.3 is 0 Å². The van der Waals surface area contributed by atoms with Crippen molar-refractivity contribution in [1.82, 2.24) is 9.88 Å². The number of piperidine rings is 1. The van der Waals surface area contributed by atoms with Gasteiger partial charge in [0.05, 0.1) is 5.60 Å².